The Morgan fingerprint density at radius 2 is 1.52 bits per heavy atom. The molecule has 1 N–H and O–H groups in total. The summed E-state index contributed by atoms with van der Waals surface area (Å²) in [7, 11) is 1.86. The van der Waals surface area contributed by atoms with Crippen molar-refractivity contribution in [3.8, 4) is 0 Å². The van der Waals surface area contributed by atoms with Crippen LogP contribution in [0.4, 0.5) is 0 Å². The monoisotopic (exact) mass is 374 g/mol. The number of benzene rings is 1. The predicted molar refractivity (Wildman–Crippen MR) is 108 cm³/mol. The van der Waals surface area contributed by atoms with Gasteiger partial charge in [-0.25, -0.2) is 0 Å². The third-order valence-electron chi connectivity index (χ3n) is 4.67. The first-order valence-electron chi connectivity index (χ1n) is 9.67. The topological polar surface area (TPSA) is 55.9 Å². The Morgan fingerprint density at radius 1 is 1.00 bits per heavy atom. The summed E-state index contributed by atoms with van der Waals surface area (Å²) in [4.78, 5) is 30.7. The second kappa shape index (κ2) is 9.33. The Kier molecular flexibility index (Phi) is 7.39. The first kappa shape index (κ1) is 21.4. The normalized spacial score (nSPS) is 16.2. The van der Waals surface area contributed by atoms with Gasteiger partial charge in [0.25, 0.3) is 0 Å². The molecular formula is C21H34N4O2. The highest BCUT2D eigenvalue weighted by atomic mass is 16.2. The van der Waals surface area contributed by atoms with Crippen LogP contribution in [0.5, 0.6) is 0 Å². The predicted octanol–water partition coefficient (Wildman–Crippen LogP) is 1.49. The first-order valence-corrected chi connectivity index (χ1v) is 9.67. The number of likely N-dealkylation sites (N-methyl/N-ethyl adjacent to an activating group) is 1. The highest BCUT2D eigenvalue weighted by Gasteiger charge is 2.23. The van der Waals surface area contributed by atoms with Gasteiger partial charge in [0.05, 0.1) is 13.1 Å². The quantitative estimate of drug-likeness (QED) is 0.820. The van der Waals surface area contributed by atoms with Crippen molar-refractivity contribution in [1.29, 1.82) is 0 Å². The lowest BCUT2D eigenvalue weighted by Crippen LogP contribution is -2.53. The third kappa shape index (κ3) is 7.69. The van der Waals surface area contributed by atoms with Gasteiger partial charge >= 0.3 is 0 Å². The minimum atomic E-state index is -0.201. The molecule has 0 aliphatic carbocycles. The van der Waals surface area contributed by atoms with Crippen molar-refractivity contribution in [3.05, 3.63) is 35.4 Å². The first-order chi connectivity index (χ1) is 12.6. The van der Waals surface area contributed by atoms with Crippen molar-refractivity contribution >= 4 is 11.8 Å². The largest absolute Gasteiger partial charge is 0.350 e. The smallest absolute Gasteiger partial charge is 0.236 e. The molecule has 0 atom stereocenters. The lowest BCUT2D eigenvalue weighted by atomic mass is 10.1. The molecule has 150 valence electrons. The molecule has 0 spiro atoms. The van der Waals surface area contributed by atoms with Gasteiger partial charge in [-0.2, -0.15) is 0 Å². The molecule has 27 heavy (non-hydrogen) atoms. The van der Waals surface area contributed by atoms with E-state index in [1.807, 2.05) is 27.8 Å². The Bertz CT molecular complexity index is 629. The van der Waals surface area contributed by atoms with E-state index in [1.165, 1.54) is 5.56 Å². The summed E-state index contributed by atoms with van der Waals surface area (Å²) in [5.74, 6) is 0.194. The van der Waals surface area contributed by atoms with Crippen LogP contribution in [0, 0.1) is 6.92 Å². The molecule has 1 aromatic carbocycles. The number of carbonyl (C=O) groups is 2. The van der Waals surface area contributed by atoms with Crippen LogP contribution >= 0.6 is 0 Å². The fourth-order valence-corrected chi connectivity index (χ4v) is 3.13. The molecule has 2 amide bonds. The van der Waals surface area contributed by atoms with E-state index in [0.29, 0.717) is 19.6 Å². The SMILES string of the molecule is Cc1ccc(CN(C)C(=O)CN2CCN(CC(=O)NC(C)(C)C)CC2)cc1. The highest BCUT2D eigenvalue weighted by molar-refractivity contribution is 5.79. The van der Waals surface area contributed by atoms with E-state index in [9.17, 15) is 9.59 Å². The van der Waals surface area contributed by atoms with Crippen LogP contribution in [-0.4, -0.2) is 78.4 Å². The van der Waals surface area contributed by atoms with Crippen molar-refractivity contribution in [3.63, 3.8) is 0 Å². The average molecular weight is 375 g/mol. The van der Waals surface area contributed by atoms with Gasteiger partial charge in [0, 0.05) is 45.3 Å². The fraction of sp³-hybridized carbons (Fsp3) is 0.619. The molecule has 1 aliphatic rings. The molecule has 1 aromatic rings. The van der Waals surface area contributed by atoms with Crippen LogP contribution in [0.2, 0.25) is 0 Å². The zero-order chi connectivity index (χ0) is 20.0. The van der Waals surface area contributed by atoms with Gasteiger partial charge in [0.1, 0.15) is 0 Å². The summed E-state index contributed by atoms with van der Waals surface area (Å²) in [5.41, 5.74) is 2.17. The van der Waals surface area contributed by atoms with Crippen LogP contribution in [0.3, 0.4) is 0 Å². The molecular weight excluding hydrogens is 340 g/mol. The molecule has 1 fully saturated rings. The van der Waals surface area contributed by atoms with Crippen molar-refractivity contribution in [2.24, 2.45) is 0 Å². The Balaban J connectivity index is 1.72. The standard InChI is InChI=1S/C21H34N4O2/c1-17-6-8-18(9-7-17)14-23(5)20(27)16-25-12-10-24(11-13-25)15-19(26)22-21(2,3)4/h6-9H,10-16H2,1-5H3,(H,22,26). The molecule has 0 radical (unpaired) electrons. The minimum Gasteiger partial charge on any atom is -0.350 e. The number of piperazine rings is 1. The van der Waals surface area contributed by atoms with Gasteiger partial charge in [-0.15, -0.1) is 0 Å². The van der Waals surface area contributed by atoms with Crippen LogP contribution in [0.1, 0.15) is 31.9 Å². The van der Waals surface area contributed by atoms with E-state index in [-0.39, 0.29) is 17.4 Å². The van der Waals surface area contributed by atoms with Gasteiger partial charge in [-0.1, -0.05) is 29.8 Å². The van der Waals surface area contributed by atoms with E-state index in [2.05, 4.69) is 46.3 Å². The van der Waals surface area contributed by atoms with Crippen LogP contribution < -0.4 is 5.32 Å². The van der Waals surface area contributed by atoms with Gasteiger partial charge in [0.15, 0.2) is 0 Å². The molecule has 6 heteroatoms. The summed E-state index contributed by atoms with van der Waals surface area (Å²) in [6, 6.07) is 8.28. The molecule has 1 aliphatic heterocycles. The second-order valence-corrected chi connectivity index (χ2v) is 8.59. The van der Waals surface area contributed by atoms with E-state index in [1.54, 1.807) is 4.90 Å². The molecule has 0 unspecified atom stereocenters. The number of carbonyl (C=O) groups excluding carboxylic acids is 2. The molecule has 0 bridgehead atoms. The Morgan fingerprint density at radius 3 is 2.04 bits per heavy atom. The van der Waals surface area contributed by atoms with Gasteiger partial charge in [-0.05, 0) is 33.3 Å². The molecule has 0 saturated carbocycles. The highest BCUT2D eigenvalue weighted by Crippen LogP contribution is 2.08. The van der Waals surface area contributed by atoms with E-state index >= 15 is 0 Å². The van der Waals surface area contributed by atoms with Crippen molar-refractivity contribution in [2.45, 2.75) is 39.8 Å². The zero-order valence-electron chi connectivity index (χ0n) is 17.4. The van der Waals surface area contributed by atoms with Crippen molar-refractivity contribution in [1.82, 2.24) is 20.0 Å². The minimum absolute atomic E-state index is 0.0601. The van der Waals surface area contributed by atoms with E-state index in [0.717, 1.165) is 31.7 Å². The Labute approximate surface area is 163 Å². The third-order valence-corrected chi connectivity index (χ3v) is 4.67. The lowest BCUT2D eigenvalue weighted by Gasteiger charge is -2.35. The molecule has 6 nitrogen and oxygen atoms in total. The number of rotatable bonds is 6. The number of nitrogens with zero attached hydrogens (tertiary/aromatic N) is 3. The van der Waals surface area contributed by atoms with Crippen LogP contribution in [0.15, 0.2) is 24.3 Å². The summed E-state index contributed by atoms with van der Waals surface area (Å²) in [6.07, 6.45) is 0. The number of nitrogens with one attached hydrogen (secondary N) is 1. The van der Waals surface area contributed by atoms with Gasteiger partial charge in [-0.3, -0.25) is 19.4 Å². The molecule has 1 saturated heterocycles. The van der Waals surface area contributed by atoms with Crippen molar-refractivity contribution < 1.29 is 9.59 Å². The summed E-state index contributed by atoms with van der Waals surface area (Å²) < 4.78 is 0. The average Bonchev–Trinajstić information content (AvgIpc) is 2.57. The van der Waals surface area contributed by atoms with E-state index in [4.69, 9.17) is 0 Å². The summed E-state index contributed by atoms with van der Waals surface area (Å²) in [6.45, 7) is 12.8. The summed E-state index contributed by atoms with van der Waals surface area (Å²) >= 11 is 0. The molecule has 1 heterocycles. The number of hydrogen-bond donors (Lipinski definition) is 1. The summed E-state index contributed by atoms with van der Waals surface area (Å²) in [5, 5.41) is 3.00. The molecule has 0 aromatic heterocycles. The van der Waals surface area contributed by atoms with Gasteiger partial charge < -0.3 is 10.2 Å². The number of hydrogen-bond acceptors (Lipinski definition) is 4. The maximum atomic E-state index is 12.5. The fourth-order valence-electron chi connectivity index (χ4n) is 3.13. The maximum absolute atomic E-state index is 12.5. The number of amides is 2. The van der Waals surface area contributed by atoms with E-state index < -0.39 is 0 Å². The Hall–Kier alpha value is -1.92. The van der Waals surface area contributed by atoms with Crippen LogP contribution in [0.25, 0.3) is 0 Å². The lowest BCUT2D eigenvalue weighted by molar-refractivity contribution is -0.132. The van der Waals surface area contributed by atoms with Crippen LogP contribution in [-0.2, 0) is 16.1 Å². The van der Waals surface area contributed by atoms with Gasteiger partial charge in [0.2, 0.25) is 11.8 Å². The number of aryl methyl sites for hydroxylation is 1. The molecule has 2 rings (SSSR count). The zero-order valence-corrected chi connectivity index (χ0v) is 17.4. The maximum Gasteiger partial charge on any atom is 0.236 e. The second-order valence-electron chi connectivity index (χ2n) is 8.59. The van der Waals surface area contributed by atoms with Crippen molar-refractivity contribution in [2.75, 3.05) is 46.3 Å².